The maximum Gasteiger partial charge on any atom is 0.00991 e. The van der Waals surface area contributed by atoms with E-state index >= 15 is 0 Å². The molecule has 1 N–H and O–H groups in total. The van der Waals surface area contributed by atoms with E-state index in [2.05, 4.69) is 38.0 Å². The van der Waals surface area contributed by atoms with Gasteiger partial charge in [0.05, 0.1) is 0 Å². The van der Waals surface area contributed by atoms with Crippen LogP contribution in [0.1, 0.15) is 72.1 Å². The van der Waals surface area contributed by atoms with Gasteiger partial charge in [0.2, 0.25) is 0 Å². The van der Waals surface area contributed by atoms with Crippen LogP contribution in [0.25, 0.3) is 0 Å². The molecule has 0 aliphatic carbocycles. The van der Waals surface area contributed by atoms with E-state index in [-0.39, 0.29) is 0 Å². The molecule has 0 aromatic carbocycles. The van der Waals surface area contributed by atoms with Crippen LogP contribution < -0.4 is 5.32 Å². The van der Waals surface area contributed by atoms with Crippen LogP contribution in [0.2, 0.25) is 0 Å². The third-order valence-electron chi connectivity index (χ3n) is 6.10. The molecule has 3 atom stereocenters. The highest BCUT2D eigenvalue weighted by molar-refractivity contribution is 4.97. The zero-order valence-electron chi connectivity index (χ0n) is 14.2. The highest BCUT2D eigenvalue weighted by Crippen LogP contribution is 2.40. The van der Waals surface area contributed by atoms with Crippen LogP contribution in [0.3, 0.4) is 0 Å². The summed E-state index contributed by atoms with van der Waals surface area (Å²) in [6, 6.07) is 2.54. The van der Waals surface area contributed by atoms with E-state index in [1.54, 1.807) is 0 Å². The minimum Gasteiger partial charge on any atom is -0.314 e. The summed E-state index contributed by atoms with van der Waals surface area (Å²) in [5, 5.41) is 3.90. The van der Waals surface area contributed by atoms with Gasteiger partial charge in [0.15, 0.2) is 0 Å². The average molecular weight is 280 g/mol. The first-order chi connectivity index (χ1) is 9.69. The molecule has 2 rings (SSSR count). The third-order valence-corrected chi connectivity index (χ3v) is 6.10. The Morgan fingerprint density at radius 3 is 2.15 bits per heavy atom. The Hall–Kier alpha value is -0.0800. The van der Waals surface area contributed by atoms with Crippen molar-refractivity contribution in [3.05, 3.63) is 0 Å². The second-order valence-electron chi connectivity index (χ2n) is 7.26. The van der Waals surface area contributed by atoms with Crippen molar-refractivity contribution in [2.45, 2.75) is 90.3 Å². The quantitative estimate of drug-likeness (QED) is 0.721. The molecule has 2 heterocycles. The summed E-state index contributed by atoms with van der Waals surface area (Å²) in [6.07, 6.45) is 11.1. The minimum absolute atomic E-state index is 0.775. The topological polar surface area (TPSA) is 15.3 Å². The number of fused-ring (bicyclic) bond motifs is 2. The van der Waals surface area contributed by atoms with Crippen LogP contribution in [0.5, 0.6) is 0 Å². The fourth-order valence-electron chi connectivity index (χ4n) is 4.54. The Bertz CT molecular complexity index is 261. The number of nitrogens with one attached hydrogen (secondary N) is 1. The molecule has 2 heteroatoms. The van der Waals surface area contributed by atoms with Crippen LogP contribution in [-0.4, -0.2) is 36.6 Å². The fourth-order valence-corrected chi connectivity index (χ4v) is 4.54. The van der Waals surface area contributed by atoms with Gasteiger partial charge in [0.25, 0.3) is 0 Å². The van der Waals surface area contributed by atoms with Crippen molar-refractivity contribution in [1.82, 2.24) is 10.2 Å². The van der Waals surface area contributed by atoms with Gasteiger partial charge in [-0.05, 0) is 64.0 Å². The molecule has 0 amide bonds. The van der Waals surface area contributed by atoms with Crippen molar-refractivity contribution < 1.29 is 0 Å². The molecule has 2 aliphatic rings. The summed E-state index contributed by atoms with van der Waals surface area (Å²) in [4.78, 5) is 2.67. The Kier molecular flexibility index (Phi) is 6.35. The number of nitrogens with zero attached hydrogens (tertiary/aromatic N) is 1. The summed E-state index contributed by atoms with van der Waals surface area (Å²) >= 11 is 0. The number of rotatable bonds is 8. The lowest BCUT2D eigenvalue weighted by molar-refractivity contribution is 0.104. The number of piperidine rings is 1. The van der Waals surface area contributed by atoms with Gasteiger partial charge in [-0.3, -0.25) is 0 Å². The Balaban J connectivity index is 1.95. The molecule has 0 radical (unpaired) electrons. The van der Waals surface area contributed by atoms with Gasteiger partial charge >= 0.3 is 0 Å². The molecule has 0 aromatic rings. The molecule has 2 nitrogen and oxygen atoms in total. The van der Waals surface area contributed by atoms with Gasteiger partial charge in [-0.25, -0.2) is 0 Å². The first-order valence-electron chi connectivity index (χ1n) is 9.14. The molecule has 20 heavy (non-hydrogen) atoms. The molecule has 2 bridgehead atoms. The molecule has 118 valence electrons. The standard InChI is InChI=1S/C18H36N2/c1-5-10-19-18(11-14(6-2)7-3)15-12-16-8-9-17(13-15)20(16)4/h14-19H,5-13H2,1-4H3. The normalized spacial score (nSPS) is 31.9. The van der Waals surface area contributed by atoms with Crippen LogP contribution >= 0.6 is 0 Å². The van der Waals surface area contributed by atoms with Gasteiger partial charge in [-0.1, -0.05) is 33.6 Å². The summed E-state index contributed by atoms with van der Waals surface area (Å²) in [5.41, 5.74) is 0. The first kappa shape index (κ1) is 16.3. The van der Waals surface area contributed by atoms with E-state index in [0.717, 1.165) is 30.0 Å². The fraction of sp³-hybridized carbons (Fsp3) is 1.00. The predicted molar refractivity (Wildman–Crippen MR) is 88.1 cm³/mol. The van der Waals surface area contributed by atoms with Crippen molar-refractivity contribution in [2.24, 2.45) is 11.8 Å². The van der Waals surface area contributed by atoms with E-state index in [1.165, 1.54) is 57.9 Å². The van der Waals surface area contributed by atoms with E-state index < -0.39 is 0 Å². The maximum atomic E-state index is 3.90. The largest absolute Gasteiger partial charge is 0.314 e. The summed E-state index contributed by atoms with van der Waals surface area (Å²) in [5.74, 6) is 1.84. The van der Waals surface area contributed by atoms with Crippen molar-refractivity contribution in [3.8, 4) is 0 Å². The van der Waals surface area contributed by atoms with Crippen molar-refractivity contribution in [2.75, 3.05) is 13.6 Å². The Morgan fingerprint density at radius 1 is 1.05 bits per heavy atom. The zero-order chi connectivity index (χ0) is 14.5. The maximum absolute atomic E-state index is 3.90. The van der Waals surface area contributed by atoms with Crippen LogP contribution in [-0.2, 0) is 0 Å². The first-order valence-corrected chi connectivity index (χ1v) is 9.14. The number of hydrogen-bond acceptors (Lipinski definition) is 2. The van der Waals surface area contributed by atoms with Gasteiger partial charge in [0.1, 0.15) is 0 Å². The predicted octanol–water partition coefficient (Wildman–Crippen LogP) is 4.05. The van der Waals surface area contributed by atoms with Crippen LogP contribution in [0.4, 0.5) is 0 Å². The van der Waals surface area contributed by atoms with Crippen LogP contribution in [0.15, 0.2) is 0 Å². The zero-order valence-corrected chi connectivity index (χ0v) is 14.2. The minimum atomic E-state index is 0.775. The molecule has 0 saturated carbocycles. The van der Waals surface area contributed by atoms with Crippen molar-refractivity contribution in [1.29, 1.82) is 0 Å². The second kappa shape index (κ2) is 7.79. The molecular formula is C18H36N2. The van der Waals surface area contributed by atoms with E-state index in [4.69, 9.17) is 0 Å². The average Bonchev–Trinajstić information content (AvgIpc) is 2.69. The van der Waals surface area contributed by atoms with E-state index in [0.29, 0.717) is 0 Å². The molecule has 2 fully saturated rings. The summed E-state index contributed by atoms with van der Waals surface area (Å²) in [7, 11) is 2.36. The summed E-state index contributed by atoms with van der Waals surface area (Å²) < 4.78 is 0. The number of hydrogen-bond donors (Lipinski definition) is 1. The van der Waals surface area contributed by atoms with E-state index in [9.17, 15) is 0 Å². The lowest BCUT2D eigenvalue weighted by Gasteiger charge is -2.41. The smallest absolute Gasteiger partial charge is 0.00991 e. The highest BCUT2D eigenvalue weighted by atomic mass is 15.2. The lowest BCUT2D eigenvalue weighted by atomic mass is 9.80. The molecule has 0 spiro atoms. The molecular weight excluding hydrogens is 244 g/mol. The molecule has 3 unspecified atom stereocenters. The Morgan fingerprint density at radius 2 is 1.65 bits per heavy atom. The van der Waals surface area contributed by atoms with Crippen molar-refractivity contribution >= 4 is 0 Å². The lowest BCUT2D eigenvalue weighted by Crippen LogP contribution is -2.47. The van der Waals surface area contributed by atoms with E-state index in [1.807, 2.05) is 0 Å². The SMILES string of the molecule is CCCNC(CC(CC)CC)C1CC2CCC(C1)N2C. The third kappa shape index (κ3) is 3.76. The monoisotopic (exact) mass is 280 g/mol. The van der Waals surface area contributed by atoms with Crippen molar-refractivity contribution in [3.63, 3.8) is 0 Å². The summed E-state index contributed by atoms with van der Waals surface area (Å²) in [6.45, 7) is 8.22. The highest BCUT2D eigenvalue weighted by Gasteiger charge is 2.40. The van der Waals surface area contributed by atoms with Gasteiger partial charge in [0, 0.05) is 18.1 Å². The molecule has 2 saturated heterocycles. The second-order valence-corrected chi connectivity index (χ2v) is 7.26. The van der Waals surface area contributed by atoms with Gasteiger partial charge < -0.3 is 10.2 Å². The Labute approximate surface area is 126 Å². The van der Waals surface area contributed by atoms with Gasteiger partial charge in [-0.2, -0.15) is 0 Å². The van der Waals surface area contributed by atoms with Crippen LogP contribution in [0, 0.1) is 11.8 Å². The molecule has 0 aromatic heterocycles. The molecule has 2 aliphatic heterocycles. The van der Waals surface area contributed by atoms with Gasteiger partial charge in [-0.15, -0.1) is 0 Å².